The molecule has 0 aromatic carbocycles. The summed E-state index contributed by atoms with van der Waals surface area (Å²) in [6, 6.07) is 0. The molecule has 0 saturated carbocycles. The van der Waals surface area contributed by atoms with E-state index in [0.29, 0.717) is 0 Å². The van der Waals surface area contributed by atoms with E-state index in [4.69, 9.17) is 24.4 Å². The monoisotopic (exact) mass is 306 g/mol. The number of hydrogen-bond acceptors (Lipinski definition) is 7. The zero-order valence-corrected chi connectivity index (χ0v) is 12.7. The molecule has 0 heterocycles. The summed E-state index contributed by atoms with van der Waals surface area (Å²) < 4.78 is 14.3. The fraction of sp³-hybridized carbons (Fsp3) is 0.692. The molecule has 0 aromatic rings. The van der Waals surface area contributed by atoms with Gasteiger partial charge in [-0.25, -0.2) is 14.5 Å². The van der Waals surface area contributed by atoms with Crippen LogP contribution in [0.2, 0.25) is 0 Å². The van der Waals surface area contributed by atoms with Crippen LogP contribution < -0.4 is 0 Å². The molecular weight excluding hydrogens is 284 g/mol. The highest BCUT2D eigenvalue weighted by Gasteiger charge is 2.21. The third kappa shape index (κ3) is 11.9. The van der Waals surface area contributed by atoms with Crippen molar-refractivity contribution >= 4 is 12.1 Å². The Kier molecular flexibility index (Phi) is 8.60. The minimum atomic E-state index is -1.39. The summed E-state index contributed by atoms with van der Waals surface area (Å²) in [7, 11) is 0. The van der Waals surface area contributed by atoms with Crippen LogP contribution in [0.5, 0.6) is 0 Å². The normalized spacial score (nSPS) is 12.6. The van der Waals surface area contributed by atoms with Crippen LogP contribution in [0.3, 0.4) is 0 Å². The summed E-state index contributed by atoms with van der Waals surface area (Å²) in [5, 5.41) is 8.27. The van der Waals surface area contributed by atoms with Crippen LogP contribution >= 0.6 is 0 Å². The van der Waals surface area contributed by atoms with Gasteiger partial charge in [-0.05, 0) is 27.7 Å². The molecule has 0 aliphatic heterocycles. The Hall–Kier alpha value is -1.64. The summed E-state index contributed by atoms with van der Waals surface area (Å²) in [6.07, 6.45) is -2.49. The van der Waals surface area contributed by atoms with Gasteiger partial charge in [-0.1, -0.05) is 6.58 Å². The Morgan fingerprint density at radius 2 is 1.86 bits per heavy atom. The molecule has 0 aliphatic rings. The molecule has 0 amide bonds. The molecule has 122 valence electrons. The Balaban J connectivity index is 4.21. The molecular formula is C13H22O8. The highest BCUT2D eigenvalue weighted by molar-refractivity contribution is 5.87. The van der Waals surface area contributed by atoms with Crippen LogP contribution in [0.25, 0.3) is 0 Å². The van der Waals surface area contributed by atoms with E-state index in [0.717, 1.165) is 0 Å². The van der Waals surface area contributed by atoms with Crippen LogP contribution in [0.15, 0.2) is 12.2 Å². The van der Waals surface area contributed by atoms with Gasteiger partial charge in [-0.2, -0.15) is 4.89 Å². The molecule has 0 aliphatic carbocycles. The van der Waals surface area contributed by atoms with Crippen LogP contribution in [0.1, 0.15) is 27.7 Å². The topological polar surface area (TPSA) is 101 Å². The third-order valence-corrected chi connectivity index (χ3v) is 1.70. The maximum absolute atomic E-state index is 11.4. The molecule has 0 saturated heterocycles. The predicted molar refractivity (Wildman–Crippen MR) is 71.4 cm³/mol. The first-order valence-corrected chi connectivity index (χ1v) is 6.26. The van der Waals surface area contributed by atoms with Crippen molar-refractivity contribution in [1.82, 2.24) is 0 Å². The van der Waals surface area contributed by atoms with E-state index in [1.54, 1.807) is 20.8 Å². The molecule has 1 N–H and O–H groups in total. The van der Waals surface area contributed by atoms with Crippen LogP contribution in [0, 0.1) is 0 Å². The van der Waals surface area contributed by atoms with Gasteiger partial charge in [0.25, 0.3) is 6.29 Å². The largest absolute Gasteiger partial charge is 0.505 e. The van der Waals surface area contributed by atoms with Gasteiger partial charge in [0.15, 0.2) is 0 Å². The summed E-state index contributed by atoms with van der Waals surface area (Å²) in [4.78, 5) is 31.6. The minimum absolute atomic E-state index is 0.00764. The number of rotatable bonds is 9. The lowest BCUT2D eigenvalue weighted by Crippen LogP contribution is -2.31. The average Bonchev–Trinajstić information content (AvgIpc) is 2.33. The third-order valence-electron chi connectivity index (χ3n) is 1.70. The van der Waals surface area contributed by atoms with Crippen molar-refractivity contribution in [2.45, 2.75) is 39.6 Å². The second-order valence-electron chi connectivity index (χ2n) is 5.10. The molecule has 0 rings (SSSR count). The van der Waals surface area contributed by atoms with Gasteiger partial charge in [-0.3, -0.25) is 0 Å². The van der Waals surface area contributed by atoms with Crippen LogP contribution in [0.4, 0.5) is 4.79 Å². The van der Waals surface area contributed by atoms with Gasteiger partial charge < -0.3 is 19.3 Å². The van der Waals surface area contributed by atoms with Crippen molar-refractivity contribution in [1.29, 1.82) is 0 Å². The Morgan fingerprint density at radius 1 is 1.24 bits per heavy atom. The first kappa shape index (κ1) is 19.4. The van der Waals surface area contributed by atoms with E-state index >= 15 is 0 Å². The van der Waals surface area contributed by atoms with Crippen LogP contribution in [-0.4, -0.2) is 48.9 Å². The van der Waals surface area contributed by atoms with Gasteiger partial charge in [0, 0.05) is 5.57 Å². The summed E-state index contributed by atoms with van der Waals surface area (Å²) in [6.45, 7) is 9.92. The van der Waals surface area contributed by atoms with Crippen molar-refractivity contribution in [2.24, 2.45) is 0 Å². The maximum Gasteiger partial charge on any atom is 0.505 e. The summed E-state index contributed by atoms with van der Waals surface area (Å²) in [5.74, 6) is -0.650. The fourth-order valence-electron chi connectivity index (χ4n) is 0.867. The van der Waals surface area contributed by atoms with E-state index in [2.05, 4.69) is 11.3 Å². The van der Waals surface area contributed by atoms with Crippen molar-refractivity contribution in [2.75, 3.05) is 19.8 Å². The fourth-order valence-corrected chi connectivity index (χ4v) is 0.867. The number of carbonyl (C=O) groups is 2. The predicted octanol–water partition coefficient (Wildman–Crippen LogP) is 1.89. The summed E-state index contributed by atoms with van der Waals surface area (Å²) in [5.41, 5.74) is -0.395. The van der Waals surface area contributed by atoms with Gasteiger partial charge in [-0.15, -0.1) is 0 Å². The number of carboxylic acid groups (broad SMARTS) is 1. The number of esters is 1. The van der Waals surface area contributed by atoms with Gasteiger partial charge in [0.1, 0.15) is 13.2 Å². The van der Waals surface area contributed by atoms with E-state index in [9.17, 15) is 9.59 Å². The first-order valence-electron chi connectivity index (χ1n) is 6.26. The molecule has 0 aromatic heterocycles. The minimum Gasteiger partial charge on any atom is -0.450 e. The SMILES string of the molecule is C=C(C)C(=O)OC(COCCOC(=O)O)OOC(C)(C)C. The zero-order valence-electron chi connectivity index (χ0n) is 12.7. The van der Waals surface area contributed by atoms with Gasteiger partial charge >= 0.3 is 12.1 Å². The average molecular weight is 306 g/mol. The van der Waals surface area contributed by atoms with E-state index in [-0.39, 0.29) is 25.4 Å². The molecule has 0 bridgehead atoms. The van der Waals surface area contributed by atoms with Crippen molar-refractivity contribution in [3.63, 3.8) is 0 Å². The maximum atomic E-state index is 11.4. The molecule has 21 heavy (non-hydrogen) atoms. The number of carbonyl (C=O) groups excluding carboxylic acids is 1. The smallest absolute Gasteiger partial charge is 0.450 e. The molecule has 0 fully saturated rings. The lowest BCUT2D eigenvalue weighted by molar-refractivity contribution is -0.413. The standard InChI is InChI=1S/C13H22O8/c1-9(2)11(14)19-10(20-21-13(3,4)5)8-17-6-7-18-12(15)16/h10H,1,6-8H2,2-5H3,(H,15,16). The number of hydrogen-bond donors (Lipinski definition) is 1. The quantitative estimate of drug-likeness (QED) is 0.172. The number of ether oxygens (including phenoxy) is 3. The van der Waals surface area contributed by atoms with Crippen LogP contribution in [-0.2, 0) is 28.8 Å². The highest BCUT2D eigenvalue weighted by atomic mass is 17.2. The van der Waals surface area contributed by atoms with Gasteiger partial charge in [0.2, 0.25) is 0 Å². The molecule has 0 spiro atoms. The Morgan fingerprint density at radius 3 is 2.33 bits per heavy atom. The second-order valence-corrected chi connectivity index (χ2v) is 5.10. The van der Waals surface area contributed by atoms with E-state index in [1.807, 2.05) is 0 Å². The van der Waals surface area contributed by atoms with Crippen molar-refractivity contribution in [3.8, 4) is 0 Å². The first-order chi connectivity index (χ1) is 9.61. The highest BCUT2D eigenvalue weighted by Crippen LogP contribution is 2.11. The van der Waals surface area contributed by atoms with E-state index in [1.165, 1.54) is 6.92 Å². The molecule has 0 radical (unpaired) electrons. The molecule has 1 unspecified atom stereocenters. The molecule has 8 nitrogen and oxygen atoms in total. The Bertz CT molecular complexity index is 358. The van der Waals surface area contributed by atoms with Gasteiger partial charge in [0.05, 0.1) is 12.2 Å². The zero-order chi connectivity index (χ0) is 16.5. The van der Waals surface area contributed by atoms with E-state index < -0.39 is 24.0 Å². The molecule has 1 atom stereocenters. The Labute approximate surface area is 123 Å². The second kappa shape index (κ2) is 9.32. The van der Waals surface area contributed by atoms with Crippen molar-refractivity contribution in [3.05, 3.63) is 12.2 Å². The van der Waals surface area contributed by atoms with Crippen molar-refractivity contribution < 1.29 is 38.7 Å². The lowest BCUT2D eigenvalue weighted by atomic mass is 10.2. The molecule has 8 heteroatoms. The summed E-state index contributed by atoms with van der Waals surface area (Å²) >= 11 is 0. The lowest BCUT2D eigenvalue weighted by Gasteiger charge is -2.23.